The van der Waals surface area contributed by atoms with Crippen LogP contribution >= 0.6 is 11.9 Å². The number of hydrogen-bond donors (Lipinski definition) is 0. The maximum absolute atomic E-state index is 4.32. The molecule has 0 aromatic rings. The topological polar surface area (TPSA) is 15.6 Å². The molecule has 0 unspecified atom stereocenters. The second-order valence-electron chi connectivity index (χ2n) is 2.78. The first-order valence-electron chi connectivity index (χ1n) is 3.80. The summed E-state index contributed by atoms with van der Waals surface area (Å²) in [7, 11) is 0. The zero-order valence-electron chi connectivity index (χ0n) is 7.24. The highest BCUT2D eigenvalue weighted by Crippen LogP contribution is 2.14. The first-order chi connectivity index (χ1) is 5.25. The van der Waals surface area contributed by atoms with Crippen LogP contribution < -0.4 is 0 Å². The quantitative estimate of drug-likeness (QED) is 0.591. The Morgan fingerprint density at radius 2 is 2.36 bits per heavy atom. The Bertz CT molecular complexity index is 185. The van der Waals surface area contributed by atoms with Crippen LogP contribution in [0.2, 0.25) is 0 Å². The van der Waals surface area contributed by atoms with E-state index in [1.807, 2.05) is 6.26 Å². The predicted molar refractivity (Wildman–Crippen MR) is 51.7 cm³/mol. The number of nitrogens with zero attached hydrogens (tertiary/aromatic N) is 2. The third-order valence-electron chi connectivity index (χ3n) is 1.62. The van der Waals surface area contributed by atoms with Gasteiger partial charge in [0.25, 0.3) is 0 Å². The molecule has 2 nitrogen and oxygen atoms in total. The van der Waals surface area contributed by atoms with Gasteiger partial charge in [0, 0.05) is 24.9 Å². The summed E-state index contributed by atoms with van der Waals surface area (Å²) in [5.74, 6) is 1.17. The molecule has 62 valence electrons. The highest BCUT2D eigenvalue weighted by atomic mass is 32.2. The van der Waals surface area contributed by atoms with Crippen molar-refractivity contribution in [3.05, 3.63) is 12.3 Å². The minimum absolute atomic E-state index is 0.527. The van der Waals surface area contributed by atoms with Crippen LogP contribution in [0.1, 0.15) is 20.3 Å². The molecular formula is C8H14N2S. The Morgan fingerprint density at radius 3 is 2.91 bits per heavy atom. The molecule has 1 aliphatic rings. The second-order valence-corrected chi connectivity index (χ2v) is 3.33. The normalized spacial score (nSPS) is 20.7. The second kappa shape index (κ2) is 3.81. The van der Waals surface area contributed by atoms with Gasteiger partial charge in [-0.15, -0.1) is 0 Å². The monoisotopic (exact) mass is 170 g/mol. The Hall–Kier alpha value is -0.440. The van der Waals surface area contributed by atoms with Gasteiger partial charge in [-0.1, -0.05) is 6.08 Å². The van der Waals surface area contributed by atoms with Gasteiger partial charge in [-0.3, -0.25) is 0 Å². The maximum Gasteiger partial charge on any atom is 0.121 e. The van der Waals surface area contributed by atoms with E-state index in [-0.39, 0.29) is 0 Å². The van der Waals surface area contributed by atoms with Gasteiger partial charge in [0.05, 0.1) is 0 Å². The number of amidine groups is 1. The van der Waals surface area contributed by atoms with Crippen LogP contribution in [-0.4, -0.2) is 23.0 Å². The van der Waals surface area contributed by atoms with Crippen LogP contribution in [0.5, 0.6) is 0 Å². The molecule has 11 heavy (non-hydrogen) atoms. The lowest BCUT2D eigenvalue weighted by atomic mass is 10.3. The molecule has 0 atom stereocenters. The Balaban J connectivity index is 2.63. The fourth-order valence-electron chi connectivity index (χ4n) is 1.12. The van der Waals surface area contributed by atoms with Crippen LogP contribution in [0.15, 0.2) is 16.7 Å². The van der Waals surface area contributed by atoms with Crippen molar-refractivity contribution in [2.45, 2.75) is 26.3 Å². The minimum atomic E-state index is 0.527. The van der Waals surface area contributed by atoms with Gasteiger partial charge < -0.3 is 4.90 Å². The molecule has 0 saturated carbocycles. The first kappa shape index (κ1) is 8.65. The summed E-state index contributed by atoms with van der Waals surface area (Å²) < 4.78 is 4.32. The van der Waals surface area contributed by atoms with E-state index in [2.05, 4.69) is 35.4 Å². The molecule has 1 heterocycles. The van der Waals surface area contributed by atoms with E-state index in [0.29, 0.717) is 6.04 Å². The maximum atomic E-state index is 4.32. The van der Waals surface area contributed by atoms with Gasteiger partial charge in [0.1, 0.15) is 5.84 Å². The molecule has 1 rings (SSSR count). The summed E-state index contributed by atoms with van der Waals surface area (Å²) in [5, 5.41) is 0. The standard InChI is InChI=1S/C8H14N2S/c1-7(2)10-6-4-5-8(10)9-11-3/h4,6-7H,5H2,1-3H3/b9-8-. The molecule has 0 fully saturated rings. The minimum Gasteiger partial charge on any atom is -0.333 e. The average molecular weight is 170 g/mol. The van der Waals surface area contributed by atoms with Crippen molar-refractivity contribution in [2.75, 3.05) is 6.26 Å². The van der Waals surface area contributed by atoms with Crippen molar-refractivity contribution in [1.82, 2.24) is 4.90 Å². The predicted octanol–water partition coefficient (Wildman–Crippen LogP) is 2.29. The summed E-state index contributed by atoms with van der Waals surface area (Å²) in [6.07, 6.45) is 7.23. The van der Waals surface area contributed by atoms with Crippen LogP contribution in [0.4, 0.5) is 0 Å². The van der Waals surface area contributed by atoms with Crippen molar-refractivity contribution < 1.29 is 0 Å². The zero-order chi connectivity index (χ0) is 8.27. The van der Waals surface area contributed by atoms with E-state index in [0.717, 1.165) is 6.42 Å². The van der Waals surface area contributed by atoms with Crippen LogP contribution in [0.3, 0.4) is 0 Å². The fraction of sp³-hybridized carbons (Fsp3) is 0.625. The van der Waals surface area contributed by atoms with Crippen molar-refractivity contribution in [3.8, 4) is 0 Å². The number of hydrogen-bond acceptors (Lipinski definition) is 2. The summed E-state index contributed by atoms with van der Waals surface area (Å²) in [4.78, 5) is 2.20. The van der Waals surface area contributed by atoms with Crippen molar-refractivity contribution in [1.29, 1.82) is 0 Å². The van der Waals surface area contributed by atoms with E-state index in [9.17, 15) is 0 Å². The molecular weight excluding hydrogens is 156 g/mol. The van der Waals surface area contributed by atoms with E-state index in [1.54, 1.807) is 0 Å². The van der Waals surface area contributed by atoms with E-state index in [1.165, 1.54) is 17.8 Å². The Labute approximate surface area is 72.5 Å². The third kappa shape index (κ3) is 1.99. The first-order valence-corrected chi connectivity index (χ1v) is 4.99. The molecule has 0 radical (unpaired) electrons. The fourth-order valence-corrected chi connectivity index (χ4v) is 1.50. The summed E-state index contributed by atoms with van der Waals surface area (Å²) >= 11 is 1.53. The average Bonchev–Trinajstić information content (AvgIpc) is 2.36. The van der Waals surface area contributed by atoms with Gasteiger partial charge in [0.15, 0.2) is 0 Å². The van der Waals surface area contributed by atoms with E-state index in [4.69, 9.17) is 0 Å². The SMILES string of the molecule is CS/N=C1/CC=CN1C(C)C. The summed E-state index contributed by atoms with van der Waals surface area (Å²) in [6.45, 7) is 4.34. The molecule has 0 amide bonds. The van der Waals surface area contributed by atoms with Crippen LogP contribution in [0, 0.1) is 0 Å². The Morgan fingerprint density at radius 1 is 1.64 bits per heavy atom. The summed E-state index contributed by atoms with van der Waals surface area (Å²) in [5.41, 5.74) is 0. The third-order valence-corrected chi connectivity index (χ3v) is 2.01. The molecule has 0 aromatic carbocycles. The van der Waals surface area contributed by atoms with Gasteiger partial charge in [-0.2, -0.15) is 0 Å². The van der Waals surface area contributed by atoms with Crippen molar-refractivity contribution in [2.24, 2.45) is 4.40 Å². The van der Waals surface area contributed by atoms with Crippen molar-refractivity contribution >= 4 is 17.8 Å². The lowest BCUT2D eigenvalue weighted by Crippen LogP contribution is -2.28. The van der Waals surface area contributed by atoms with Gasteiger partial charge >= 0.3 is 0 Å². The molecule has 1 aliphatic heterocycles. The van der Waals surface area contributed by atoms with Crippen LogP contribution in [0.25, 0.3) is 0 Å². The molecule has 0 aliphatic carbocycles. The van der Waals surface area contributed by atoms with E-state index >= 15 is 0 Å². The lowest BCUT2D eigenvalue weighted by Gasteiger charge is -2.20. The zero-order valence-corrected chi connectivity index (χ0v) is 8.06. The van der Waals surface area contributed by atoms with Crippen molar-refractivity contribution in [3.63, 3.8) is 0 Å². The highest BCUT2D eigenvalue weighted by molar-refractivity contribution is 7.97. The molecule has 0 bridgehead atoms. The smallest absolute Gasteiger partial charge is 0.121 e. The van der Waals surface area contributed by atoms with Gasteiger partial charge in [-0.05, 0) is 25.8 Å². The lowest BCUT2D eigenvalue weighted by molar-refractivity contribution is 0.465. The Kier molecular flexibility index (Phi) is 3.00. The highest BCUT2D eigenvalue weighted by Gasteiger charge is 2.15. The van der Waals surface area contributed by atoms with E-state index < -0.39 is 0 Å². The van der Waals surface area contributed by atoms with Gasteiger partial charge in [-0.25, -0.2) is 4.40 Å². The largest absolute Gasteiger partial charge is 0.333 e. The van der Waals surface area contributed by atoms with Crippen LogP contribution in [-0.2, 0) is 0 Å². The molecule has 0 N–H and O–H groups in total. The molecule has 0 spiro atoms. The molecule has 0 aromatic heterocycles. The summed E-state index contributed by atoms with van der Waals surface area (Å²) in [6, 6.07) is 0.527. The van der Waals surface area contributed by atoms with Gasteiger partial charge in [0.2, 0.25) is 0 Å². The molecule has 3 heteroatoms. The molecule has 0 saturated heterocycles. The number of rotatable bonds is 2.